The van der Waals surface area contributed by atoms with Crippen LogP contribution in [0.1, 0.15) is 30.4 Å². The predicted molar refractivity (Wildman–Crippen MR) is 120 cm³/mol. The van der Waals surface area contributed by atoms with E-state index >= 15 is 8.78 Å². The summed E-state index contributed by atoms with van der Waals surface area (Å²) in [7, 11) is -4.23. The number of nitrogens with zero attached hydrogens (tertiary/aromatic N) is 2. The maximum atomic E-state index is 15.2. The number of ether oxygens (including phenoxy) is 2. The molecular weight excluding hydrogens is 505 g/mol. The lowest BCUT2D eigenvalue weighted by Crippen LogP contribution is -2.45. The molecule has 3 aliphatic rings. The summed E-state index contributed by atoms with van der Waals surface area (Å²) < 4.78 is 69.4. The van der Waals surface area contributed by atoms with E-state index in [0.29, 0.717) is 29.2 Å². The molecule has 12 nitrogen and oxygen atoms in total. The van der Waals surface area contributed by atoms with Crippen molar-refractivity contribution in [1.82, 2.24) is 9.55 Å². The first kappa shape index (κ1) is 24.8. The average Bonchev–Trinajstić information content (AvgIpc) is 3.07. The summed E-state index contributed by atoms with van der Waals surface area (Å²) in [6, 6.07) is 5.95. The topological polar surface area (TPSA) is 139 Å². The summed E-state index contributed by atoms with van der Waals surface area (Å²) in [5.41, 5.74) is -0.175. The molecule has 5 rings (SSSR count). The quantitative estimate of drug-likeness (QED) is 0.557. The SMILES string of the molecule is CC(C)OP1(=O)OC[C@H]2OC(n3ccc(NC(=O)c4ccc5c(c4)NCCO5)nc3=O)C(F)(F)[C@@H]2O1. The van der Waals surface area contributed by atoms with Gasteiger partial charge in [-0.2, -0.15) is 13.8 Å². The highest BCUT2D eigenvalue weighted by Gasteiger charge is 2.65. The van der Waals surface area contributed by atoms with Gasteiger partial charge in [0.05, 0.1) is 18.4 Å². The Hall–Kier alpha value is -2.90. The first-order chi connectivity index (χ1) is 17.1. The second kappa shape index (κ2) is 9.20. The molecule has 4 atom stereocenters. The van der Waals surface area contributed by atoms with E-state index < -0.39 is 56.5 Å². The third-order valence-corrected chi connectivity index (χ3v) is 7.20. The lowest BCUT2D eigenvalue weighted by Gasteiger charge is -2.32. The number of phosphoric ester groups is 1. The van der Waals surface area contributed by atoms with Gasteiger partial charge >= 0.3 is 19.4 Å². The molecule has 1 amide bonds. The van der Waals surface area contributed by atoms with Crippen LogP contribution in [0.5, 0.6) is 5.75 Å². The molecular formula is C21H23F2N4O8P. The van der Waals surface area contributed by atoms with Crippen molar-refractivity contribution in [3.05, 3.63) is 46.5 Å². The highest BCUT2D eigenvalue weighted by molar-refractivity contribution is 7.48. The number of hydrogen-bond acceptors (Lipinski definition) is 10. The Bertz CT molecular complexity index is 1290. The van der Waals surface area contributed by atoms with Gasteiger partial charge in [0.15, 0.2) is 6.10 Å². The Morgan fingerprint density at radius 1 is 1.36 bits per heavy atom. The lowest BCUT2D eigenvalue weighted by atomic mass is 10.1. The molecule has 0 saturated carbocycles. The number of carbonyl (C=O) groups is 1. The summed E-state index contributed by atoms with van der Waals surface area (Å²) in [5, 5.41) is 5.57. The number of halogens is 2. The number of anilines is 2. The van der Waals surface area contributed by atoms with Crippen molar-refractivity contribution < 1.29 is 41.2 Å². The van der Waals surface area contributed by atoms with Gasteiger partial charge < -0.3 is 20.1 Å². The normalized spacial score (nSPS) is 28.5. The minimum absolute atomic E-state index is 0.142. The fourth-order valence-electron chi connectivity index (χ4n) is 4.01. The van der Waals surface area contributed by atoms with Crippen molar-refractivity contribution in [3.63, 3.8) is 0 Å². The monoisotopic (exact) mass is 528 g/mol. The second-order valence-corrected chi connectivity index (χ2v) is 10.1. The van der Waals surface area contributed by atoms with Gasteiger partial charge in [-0.05, 0) is 38.1 Å². The maximum Gasteiger partial charge on any atom is 0.475 e. The third kappa shape index (κ3) is 4.62. The Kier molecular flexibility index (Phi) is 6.33. The van der Waals surface area contributed by atoms with Crippen LogP contribution in [0.15, 0.2) is 35.3 Å². The summed E-state index contributed by atoms with van der Waals surface area (Å²) in [6.45, 7) is 3.72. The summed E-state index contributed by atoms with van der Waals surface area (Å²) in [4.78, 5) is 28.9. The van der Waals surface area contributed by atoms with Crippen LogP contribution in [-0.4, -0.2) is 59.5 Å². The van der Waals surface area contributed by atoms with E-state index in [4.69, 9.17) is 23.0 Å². The number of alkyl halides is 2. The predicted octanol–water partition coefficient (Wildman–Crippen LogP) is 2.78. The van der Waals surface area contributed by atoms with Crippen LogP contribution in [0.4, 0.5) is 20.3 Å². The molecule has 0 spiro atoms. The maximum absolute atomic E-state index is 15.2. The molecule has 15 heteroatoms. The molecule has 36 heavy (non-hydrogen) atoms. The van der Waals surface area contributed by atoms with Crippen molar-refractivity contribution >= 4 is 25.2 Å². The molecule has 4 heterocycles. The second-order valence-electron chi connectivity index (χ2n) is 8.57. The highest BCUT2D eigenvalue weighted by Crippen LogP contribution is 2.60. The van der Waals surface area contributed by atoms with Crippen LogP contribution in [0.3, 0.4) is 0 Å². The zero-order valence-electron chi connectivity index (χ0n) is 19.2. The van der Waals surface area contributed by atoms with Crippen molar-refractivity contribution in [2.24, 2.45) is 0 Å². The van der Waals surface area contributed by atoms with E-state index in [0.717, 1.165) is 6.20 Å². The molecule has 3 aliphatic heterocycles. The summed E-state index contributed by atoms with van der Waals surface area (Å²) >= 11 is 0. The number of phosphoric acid groups is 1. The van der Waals surface area contributed by atoms with Crippen LogP contribution in [0.2, 0.25) is 0 Å². The van der Waals surface area contributed by atoms with Gasteiger partial charge in [-0.15, -0.1) is 0 Å². The minimum atomic E-state index is -4.23. The number of fused-ring (bicyclic) bond motifs is 2. The van der Waals surface area contributed by atoms with Gasteiger partial charge in [-0.1, -0.05) is 0 Å². The van der Waals surface area contributed by atoms with Crippen molar-refractivity contribution in [2.45, 2.75) is 44.3 Å². The molecule has 2 saturated heterocycles. The van der Waals surface area contributed by atoms with Crippen molar-refractivity contribution in [2.75, 3.05) is 30.4 Å². The van der Waals surface area contributed by atoms with E-state index in [1.807, 2.05) is 0 Å². The number of aromatic nitrogens is 2. The number of amides is 1. The van der Waals surface area contributed by atoms with Crippen LogP contribution in [-0.2, 0) is 22.9 Å². The smallest absolute Gasteiger partial charge is 0.475 e. The average molecular weight is 528 g/mol. The standard InChI is InChI=1S/C21H23F2N4O8P/c1-11(2)34-36(30)32-10-15-17(35-36)21(22,23)19(33-15)27-7-5-16(26-20(27)29)25-18(28)12-3-4-14-13(9-12)24-6-8-31-14/h3-5,7,9,11,15,17,19,24H,6,8,10H2,1-2H3,(H,25,26,28,29)/t15-,17-,19?,36?/m1/s1. The fraction of sp³-hybridized carbons (Fsp3) is 0.476. The van der Waals surface area contributed by atoms with Gasteiger partial charge in [-0.25, -0.2) is 9.36 Å². The Morgan fingerprint density at radius 2 is 2.17 bits per heavy atom. The zero-order chi connectivity index (χ0) is 25.7. The molecule has 2 fully saturated rings. The number of rotatable bonds is 5. The molecule has 0 radical (unpaired) electrons. The number of nitrogens with one attached hydrogen (secondary N) is 2. The van der Waals surface area contributed by atoms with E-state index in [-0.39, 0.29) is 11.4 Å². The van der Waals surface area contributed by atoms with Gasteiger partial charge in [0.1, 0.15) is 24.3 Å². The number of hydrogen-bond donors (Lipinski definition) is 2. The Balaban J connectivity index is 1.32. The van der Waals surface area contributed by atoms with E-state index in [2.05, 4.69) is 15.6 Å². The van der Waals surface area contributed by atoms with Crippen LogP contribution in [0, 0.1) is 0 Å². The van der Waals surface area contributed by atoms with Gasteiger partial charge in [0.2, 0.25) is 6.23 Å². The highest BCUT2D eigenvalue weighted by atomic mass is 31.2. The summed E-state index contributed by atoms with van der Waals surface area (Å²) in [6.07, 6.45) is -4.93. The Labute approximate surface area is 203 Å². The molecule has 1 aromatic carbocycles. The molecule has 2 unspecified atom stereocenters. The lowest BCUT2D eigenvalue weighted by molar-refractivity contribution is -0.139. The van der Waals surface area contributed by atoms with E-state index in [1.54, 1.807) is 32.0 Å². The number of benzene rings is 1. The van der Waals surface area contributed by atoms with Gasteiger partial charge in [0, 0.05) is 18.3 Å². The third-order valence-electron chi connectivity index (χ3n) is 5.57. The first-order valence-electron chi connectivity index (χ1n) is 11.1. The van der Waals surface area contributed by atoms with Crippen LogP contribution >= 0.6 is 7.82 Å². The van der Waals surface area contributed by atoms with Crippen LogP contribution in [0.25, 0.3) is 0 Å². The van der Waals surface area contributed by atoms with Crippen molar-refractivity contribution in [1.29, 1.82) is 0 Å². The number of carbonyl (C=O) groups excluding carboxylic acids is 1. The molecule has 2 N–H and O–H groups in total. The van der Waals surface area contributed by atoms with E-state index in [9.17, 15) is 14.2 Å². The van der Waals surface area contributed by atoms with Crippen molar-refractivity contribution in [3.8, 4) is 5.75 Å². The largest absolute Gasteiger partial charge is 0.490 e. The molecule has 194 valence electrons. The molecule has 2 aromatic rings. The molecule has 0 bridgehead atoms. The minimum Gasteiger partial charge on any atom is -0.490 e. The first-order valence-corrected chi connectivity index (χ1v) is 12.6. The van der Waals surface area contributed by atoms with E-state index in [1.165, 1.54) is 6.07 Å². The van der Waals surface area contributed by atoms with Gasteiger partial charge in [0.25, 0.3) is 5.91 Å². The molecule has 1 aromatic heterocycles. The fourth-order valence-corrected chi connectivity index (χ4v) is 5.58. The zero-order valence-corrected chi connectivity index (χ0v) is 20.1. The molecule has 0 aliphatic carbocycles. The van der Waals surface area contributed by atoms with Gasteiger partial charge in [-0.3, -0.25) is 22.9 Å². The Morgan fingerprint density at radius 3 is 2.92 bits per heavy atom. The summed E-state index contributed by atoms with van der Waals surface area (Å²) in [5.74, 6) is -3.86. The van der Waals surface area contributed by atoms with Crippen LogP contribution < -0.4 is 21.1 Å².